The summed E-state index contributed by atoms with van der Waals surface area (Å²) in [6, 6.07) is 5.93. The highest BCUT2D eigenvalue weighted by Gasteiger charge is 2.02. The summed E-state index contributed by atoms with van der Waals surface area (Å²) in [5.74, 6) is 0.249. The molecule has 1 aromatic carbocycles. The number of thiol groups is 1. The largest absolute Gasteiger partial charge is 0.322 e. The van der Waals surface area contributed by atoms with E-state index >= 15 is 0 Å². The first-order chi connectivity index (χ1) is 5.74. The summed E-state index contributed by atoms with van der Waals surface area (Å²) in [7, 11) is -1.81. The van der Waals surface area contributed by atoms with Gasteiger partial charge in [-0.25, -0.2) is 4.39 Å². The monoisotopic (exact) mass is 204 g/mol. The maximum Gasteiger partial charge on any atom is 0.123 e. The molecule has 0 saturated heterocycles. The van der Waals surface area contributed by atoms with Gasteiger partial charge < -0.3 is 4.57 Å². The minimum Gasteiger partial charge on any atom is -0.322 e. The van der Waals surface area contributed by atoms with Gasteiger partial charge in [-0.15, -0.1) is 0 Å². The van der Waals surface area contributed by atoms with Crippen LogP contribution in [0.5, 0.6) is 0 Å². The van der Waals surface area contributed by atoms with Crippen LogP contribution in [-0.2, 0) is 4.57 Å². The van der Waals surface area contributed by atoms with Crippen molar-refractivity contribution in [2.45, 2.75) is 0 Å². The zero-order chi connectivity index (χ0) is 8.97. The quantitative estimate of drug-likeness (QED) is 0.588. The molecule has 1 unspecified atom stereocenters. The van der Waals surface area contributed by atoms with Gasteiger partial charge in [-0.1, -0.05) is 12.1 Å². The van der Waals surface area contributed by atoms with E-state index in [4.69, 9.17) is 0 Å². The predicted molar refractivity (Wildman–Crippen MR) is 53.8 cm³/mol. The molecule has 0 spiro atoms. The number of rotatable bonds is 3. The minimum absolute atomic E-state index is 0.329. The summed E-state index contributed by atoms with van der Waals surface area (Å²) in [4.78, 5) is 0. The van der Waals surface area contributed by atoms with Gasteiger partial charge in [0.2, 0.25) is 0 Å². The van der Waals surface area contributed by atoms with Crippen molar-refractivity contribution in [1.29, 1.82) is 0 Å². The zero-order valence-electron chi connectivity index (χ0n) is 6.46. The van der Waals surface area contributed by atoms with Crippen LogP contribution in [-0.4, -0.2) is 11.9 Å². The van der Waals surface area contributed by atoms with Gasteiger partial charge in [-0.05, 0) is 17.9 Å². The molecule has 12 heavy (non-hydrogen) atoms. The fourth-order valence-electron chi connectivity index (χ4n) is 0.908. The Bertz CT molecular complexity index is 290. The third kappa shape index (κ3) is 2.65. The van der Waals surface area contributed by atoms with Crippen molar-refractivity contribution >= 4 is 25.7 Å². The first kappa shape index (κ1) is 9.82. The van der Waals surface area contributed by atoms with E-state index in [-0.39, 0.29) is 5.82 Å². The normalized spacial score (nSPS) is 12.8. The Kier molecular flexibility index (Phi) is 3.83. The second-order valence-electron chi connectivity index (χ2n) is 2.41. The van der Waals surface area contributed by atoms with Crippen LogP contribution in [0.15, 0.2) is 24.3 Å². The topological polar surface area (TPSA) is 17.1 Å². The van der Waals surface area contributed by atoms with Crippen LogP contribution in [0.2, 0.25) is 0 Å². The van der Waals surface area contributed by atoms with Crippen molar-refractivity contribution < 1.29 is 8.96 Å². The smallest absolute Gasteiger partial charge is 0.123 e. The second-order valence-corrected chi connectivity index (χ2v) is 4.78. The lowest BCUT2D eigenvalue weighted by Crippen LogP contribution is -1.99. The highest BCUT2D eigenvalue weighted by Crippen LogP contribution is 2.19. The van der Waals surface area contributed by atoms with Crippen molar-refractivity contribution in [3.63, 3.8) is 0 Å². The Balaban J connectivity index is 2.81. The predicted octanol–water partition coefficient (Wildman–Crippen LogP) is 1.94. The van der Waals surface area contributed by atoms with E-state index in [1.54, 1.807) is 12.1 Å². The van der Waals surface area contributed by atoms with E-state index < -0.39 is 7.80 Å². The molecule has 1 nitrogen and oxygen atoms in total. The summed E-state index contributed by atoms with van der Waals surface area (Å²) in [5, 5.41) is 0.606. The molecule has 1 rings (SSSR count). The number of halogens is 1. The van der Waals surface area contributed by atoms with Gasteiger partial charge in [0, 0.05) is 11.5 Å². The van der Waals surface area contributed by atoms with E-state index in [2.05, 4.69) is 12.6 Å². The fourth-order valence-corrected chi connectivity index (χ4v) is 2.59. The second kappa shape index (κ2) is 4.68. The summed E-state index contributed by atoms with van der Waals surface area (Å²) in [6.45, 7) is 0. The summed E-state index contributed by atoms with van der Waals surface area (Å²) in [6.07, 6.45) is 0.539. The Morgan fingerprint density at radius 1 is 1.50 bits per heavy atom. The molecule has 0 saturated carbocycles. The summed E-state index contributed by atoms with van der Waals surface area (Å²) < 4.78 is 24.0. The van der Waals surface area contributed by atoms with Gasteiger partial charge in [0.05, 0.1) is 0 Å². The van der Waals surface area contributed by atoms with Crippen LogP contribution in [0.4, 0.5) is 4.39 Å². The molecule has 0 radical (unpaired) electrons. The Morgan fingerprint density at radius 2 is 2.25 bits per heavy atom. The van der Waals surface area contributed by atoms with Crippen LogP contribution in [0, 0.1) is 5.82 Å². The third-order valence-electron chi connectivity index (χ3n) is 1.49. The van der Waals surface area contributed by atoms with Crippen LogP contribution in [0.1, 0.15) is 0 Å². The first-order valence-corrected chi connectivity index (χ1v) is 5.88. The van der Waals surface area contributed by atoms with Gasteiger partial charge >= 0.3 is 0 Å². The van der Waals surface area contributed by atoms with Gasteiger partial charge in [0.25, 0.3) is 0 Å². The first-order valence-electron chi connectivity index (χ1n) is 3.63. The van der Waals surface area contributed by atoms with E-state index in [1.807, 2.05) is 0 Å². The molecule has 0 aliphatic heterocycles. The standard InChI is InChI=1S/C8H10FOPS/c9-7-2-1-3-8(6-7)11(10)4-5-12/h1-3,6,11-12H,4-5H2. The van der Waals surface area contributed by atoms with Gasteiger partial charge in [0.15, 0.2) is 0 Å². The van der Waals surface area contributed by atoms with Crippen LogP contribution < -0.4 is 5.30 Å². The van der Waals surface area contributed by atoms with Gasteiger partial charge in [0.1, 0.15) is 13.6 Å². The summed E-state index contributed by atoms with van der Waals surface area (Å²) >= 11 is 3.97. The van der Waals surface area contributed by atoms with Crippen molar-refractivity contribution in [3.05, 3.63) is 30.1 Å². The molecule has 0 heterocycles. The van der Waals surface area contributed by atoms with Gasteiger partial charge in [-0.2, -0.15) is 12.6 Å². The van der Waals surface area contributed by atoms with Crippen LogP contribution in [0.25, 0.3) is 0 Å². The number of benzene rings is 1. The van der Waals surface area contributed by atoms with E-state index in [1.165, 1.54) is 12.1 Å². The molecule has 1 atom stereocenters. The van der Waals surface area contributed by atoms with E-state index in [0.29, 0.717) is 17.2 Å². The number of hydrogen-bond donors (Lipinski definition) is 1. The van der Waals surface area contributed by atoms with Crippen LogP contribution in [0.3, 0.4) is 0 Å². The maximum atomic E-state index is 12.6. The molecule has 0 N–H and O–H groups in total. The SMILES string of the molecule is O=[PH](CCS)c1cccc(F)c1. The molecule has 0 aliphatic rings. The van der Waals surface area contributed by atoms with Crippen molar-refractivity contribution in [3.8, 4) is 0 Å². The lowest BCUT2D eigenvalue weighted by molar-refractivity contribution is 0.593. The van der Waals surface area contributed by atoms with E-state index in [9.17, 15) is 8.96 Å². The molecule has 0 aliphatic carbocycles. The van der Waals surface area contributed by atoms with Gasteiger partial charge in [-0.3, -0.25) is 0 Å². The molecule has 0 bridgehead atoms. The average molecular weight is 204 g/mol. The highest BCUT2D eigenvalue weighted by atomic mass is 32.1. The maximum absolute atomic E-state index is 12.6. The van der Waals surface area contributed by atoms with Crippen LogP contribution >= 0.6 is 20.4 Å². The Hall–Kier alpha value is -0.270. The fraction of sp³-hybridized carbons (Fsp3) is 0.250. The third-order valence-corrected chi connectivity index (χ3v) is 3.79. The molecule has 0 fully saturated rings. The highest BCUT2D eigenvalue weighted by molar-refractivity contribution is 7.80. The average Bonchev–Trinajstić information content (AvgIpc) is 2.05. The zero-order valence-corrected chi connectivity index (χ0v) is 8.35. The molecular formula is C8H10FOPS. The summed E-state index contributed by atoms with van der Waals surface area (Å²) in [5.41, 5.74) is 0. The Labute approximate surface area is 77.2 Å². The number of hydrogen-bond acceptors (Lipinski definition) is 2. The lowest BCUT2D eigenvalue weighted by atomic mass is 10.4. The minimum atomic E-state index is -1.81. The molecule has 66 valence electrons. The molecule has 4 heteroatoms. The van der Waals surface area contributed by atoms with Crippen molar-refractivity contribution in [1.82, 2.24) is 0 Å². The van der Waals surface area contributed by atoms with Crippen molar-refractivity contribution in [2.75, 3.05) is 11.9 Å². The Morgan fingerprint density at radius 3 is 2.83 bits per heavy atom. The lowest BCUT2D eigenvalue weighted by Gasteiger charge is -1.99. The van der Waals surface area contributed by atoms with E-state index in [0.717, 1.165) is 0 Å². The molecule has 1 aromatic rings. The molecular weight excluding hydrogens is 194 g/mol. The van der Waals surface area contributed by atoms with Crippen molar-refractivity contribution in [2.24, 2.45) is 0 Å². The molecule has 0 amide bonds. The molecule has 0 aromatic heterocycles.